The number of hydrogen-bond donors (Lipinski definition) is 0. The number of nitro benzene ring substituents is 1. The summed E-state index contributed by atoms with van der Waals surface area (Å²) in [5.74, 6) is -0.106. The molecular formula is C19H13F3N2O4. The molecule has 6 nitrogen and oxygen atoms in total. The number of non-ortho nitro benzene ring substituents is 1. The lowest BCUT2D eigenvalue weighted by Crippen LogP contribution is -2.12. The fourth-order valence-electron chi connectivity index (χ4n) is 2.60. The summed E-state index contributed by atoms with van der Waals surface area (Å²) in [4.78, 5) is 23.0. The van der Waals surface area contributed by atoms with Gasteiger partial charge in [0.2, 0.25) is 5.43 Å². The zero-order valence-electron chi connectivity index (χ0n) is 14.4. The van der Waals surface area contributed by atoms with E-state index in [0.717, 1.165) is 18.2 Å². The highest BCUT2D eigenvalue weighted by Gasteiger charge is 2.30. The van der Waals surface area contributed by atoms with Gasteiger partial charge in [-0.2, -0.15) is 13.2 Å². The predicted octanol–water partition coefficient (Wildman–Crippen LogP) is 4.77. The third-order valence-electron chi connectivity index (χ3n) is 3.88. The lowest BCUT2D eigenvalue weighted by atomic mass is 10.0. The molecule has 0 aliphatic heterocycles. The molecule has 28 heavy (non-hydrogen) atoms. The van der Waals surface area contributed by atoms with E-state index in [4.69, 9.17) is 4.74 Å². The summed E-state index contributed by atoms with van der Waals surface area (Å²) in [6, 6.07) is 9.65. The van der Waals surface area contributed by atoms with Crippen LogP contribution < -0.4 is 10.2 Å². The number of ether oxygens (including phenoxy) is 1. The van der Waals surface area contributed by atoms with Gasteiger partial charge in [-0.05, 0) is 23.8 Å². The standard InChI is InChI=1S/C19H13F3N2O4/c1-23-10-16(12-4-2-5-13(8-12)19(20,21)22)18(25)17(11-23)28-15-7-3-6-14(9-15)24(26)27/h2-11H,1H3. The maximum absolute atomic E-state index is 13.0. The van der Waals surface area contributed by atoms with E-state index in [1.54, 1.807) is 7.05 Å². The van der Waals surface area contributed by atoms with Gasteiger partial charge in [-0.1, -0.05) is 18.2 Å². The number of benzene rings is 2. The second-order valence-electron chi connectivity index (χ2n) is 5.97. The highest BCUT2D eigenvalue weighted by atomic mass is 19.4. The molecule has 3 rings (SSSR count). The number of rotatable bonds is 4. The Morgan fingerprint density at radius 3 is 2.46 bits per heavy atom. The highest BCUT2D eigenvalue weighted by Crippen LogP contribution is 2.32. The van der Waals surface area contributed by atoms with Crippen LogP contribution in [0.15, 0.2) is 65.7 Å². The Labute approximate surface area is 156 Å². The maximum atomic E-state index is 13.0. The number of alkyl halides is 3. The summed E-state index contributed by atoms with van der Waals surface area (Å²) >= 11 is 0. The first-order valence-electron chi connectivity index (χ1n) is 7.95. The minimum atomic E-state index is -4.54. The second-order valence-corrected chi connectivity index (χ2v) is 5.97. The van der Waals surface area contributed by atoms with Gasteiger partial charge in [0.25, 0.3) is 5.69 Å². The van der Waals surface area contributed by atoms with Crippen molar-refractivity contribution in [3.63, 3.8) is 0 Å². The number of aromatic nitrogens is 1. The normalized spacial score (nSPS) is 11.3. The van der Waals surface area contributed by atoms with Crippen molar-refractivity contribution in [2.75, 3.05) is 0 Å². The van der Waals surface area contributed by atoms with Crippen molar-refractivity contribution in [1.82, 2.24) is 4.57 Å². The molecule has 1 aromatic heterocycles. The number of pyridine rings is 1. The van der Waals surface area contributed by atoms with E-state index in [1.165, 1.54) is 47.3 Å². The topological polar surface area (TPSA) is 74.4 Å². The van der Waals surface area contributed by atoms with E-state index < -0.39 is 22.1 Å². The van der Waals surface area contributed by atoms with E-state index in [-0.39, 0.29) is 28.3 Å². The molecule has 2 aromatic carbocycles. The molecule has 0 spiro atoms. The average molecular weight is 390 g/mol. The van der Waals surface area contributed by atoms with Gasteiger partial charge >= 0.3 is 6.18 Å². The lowest BCUT2D eigenvalue weighted by molar-refractivity contribution is -0.384. The van der Waals surface area contributed by atoms with Crippen molar-refractivity contribution in [3.8, 4) is 22.6 Å². The number of halogens is 3. The Morgan fingerprint density at radius 1 is 1.07 bits per heavy atom. The molecule has 0 radical (unpaired) electrons. The van der Waals surface area contributed by atoms with Crippen molar-refractivity contribution < 1.29 is 22.8 Å². The van der Waals surface area contributed by atoms with E-state index in [2.05, 4.69) is 0 Å². The highest BCUT2D eigenvalue weighted by molar-refractivity contribution is 5.65. The minimum absolute atomic E-state index is 0.0107. The van der Waals surface area contributed by atoms with Gasteiger partial charge in [-0.25, -0.2) is 0 Å². The first kappa shape index (κ1) is 19.2. The van der Waals surface area contributed by atoms with Crippen LogP contribution in [0.5, 0.6) is 11.5 Å². The van der Waals surface area contributed by atoms with Gasteiger partial charge in [0.05, 0.1) is 22.7 Å². The van der Waals surface area contributed by atoms with Crippen molar-refractivity contribution in [2.24, 2.45) is 7.05 Å². The monoisotopic (exact) mass is 390 g/mol. The summed E-state index contributed by atoms with van der Waals surface area (Å²) in [6.45, 7) is 0. The van der Waals surface area contributed by atoms with E-state index in [9.17, 15) is 28.1 Å². The quantitative estimate of drug-likeness (QED) is 0.475. The third-order valence-corrected chi connectivity index (χ3v) is 3.88. The van der Waals surface area contributed by atoms with E-state index in [1.807, 2.05) is 0 Å². The van der Waals surface area contributed by atoms with Gasteiger partial charge in [0.1, 0.15) is 5.75 Å². The third kappa shape index (κ3) is 4.03. The summed E-state index contributed by atoms with van der Waals surface area (Å²) < 4.78 is 45.9. The number of aryl methyl sites for hydroxylation is 1. The summed E-state index contributed by atoms with van der Waals surface area (Å²) in [6.07, 6.45) is -1.81. The Morgan fingerprint density at radius 2 is 1.79 bits per heavy atom. The van der Waals surface area contributed by atoms with Crippen molar-refractivity contribution in [3.05, 3.63) is 86.8 Å². The molecule has 0 unspecified atom stereocenters. The van der Waals surface area contributed by atoms with Crippen LogP contribution in [0.1, 0.15) is 5.56 Å². The molecule has 0 bridgehead atoms. The van der Waals surface area contributed by atoms with Crippen LogP contribution in [0.25, 0.3) is 11.1 Å². The maximum Gasteiger partial charge on any atom is 0.416 e. The van der Waals surface area contributed by atoms with Gasteiger partial charge in [-0.3, -0.25) is 14.9 Å². The summed E-state index contributed by atoms with van der Waals surface area (Å²) in [5, 5.41) is 10.9. The zero-order valence-corrected chi connectivity index (χ0v) is 14.4. The smallest absolute Gasteiger partial charge is 0.416 e. The number of hydrogen-bond acceptors (Lipinski definition) is 4. The largest absolute Gasteiger partial charge is 0.451 e. The molecule has 0 amide bonds. The van der Waals surface area contributed by atoms with Crippen LogP contribution in [0, 0.1) is 10.1 Å². The molecule has 0 aliphatic carbocycles. The first-order chi connectivity index (χ1) is 13.1. The Kier molecular flexibility index (Phi) is 4.91. The summed E-state index contributed by atoms with van der Waals surface area (Å²) in [5.41, 5.74) is -1.64. The molecule has 0 aliphatic rings. The first-order valence-corrected chi connectivity index (χ1v) is 7.95. The Balaban J connectivity index is 2.05. The van der Waals surface area contributed by atoms with Crippen LogP contribution in [-0.4, -0.2) is 9.49 Å². The van der Waals surface area contributed by atoms with Crippen LogP contribution in [0.4, 0.5) is 18.9 Å². The molecule has 9 heteroatoms. The Hall–Kier alpha value is -3.62. The number of nitro groups is 1. The molecule has 0 fully saturated rings. The molecule has 3 aromatic rings. The SMILES string of the molecule is Cn1cc(Oc2cccc([N+](=O)[O-])c2)c(=O)c(-c2cccc(C(F)(F)F)c2)c1. The predicted molar refractivity (Wildman–Crippen MR) is 95.3 cm³/mol. The molecule has 0 atom stereocenters. The zero-order chi connectivity index (χ0) is 20.5. The minimum Gasteiger partial charge on any atom is -0.451 e. The van der Waals surface area contributed by atoms with Crippen molar-refractivity contribution in [1.29, 1.82) is 0 Å². The average Bonchev–Trinajstić information content (AvgIpc) is 2.64. The second kappa shape index (κ2) is 7.18. The lowest BCUT2D eigenvalue weighted by Gasteiger charge is -2.12. The van der Waals surface area contributed by atoms with Crippen molar-refractivity contribution in [2.45, 2.75) is 6.18 Å². The van der Waals surface area contributed by atoms with E-state index >= 15 is 0 Å². The van der Waals surface area contributed by atoms with Crippen molar-refractivity contribution >= 4 is 5.69 Å². The van der Waals surface area contributed by atoms with Crippen LogP contribution in [-0.2, 0) is 13.2 Å². The fraction of sp³-hybridized carbons (Fsp3) is 0.105. The van der Waals surface area contributed by atoms with Gasteiger partial charge < -0.3 is 9.30 Å². The van der Waals surface area contributed by atoms with Crippen LogP contribution in [0.3, 0.4) is 0 Å². The Bertz CT molecular complexity index is 1110. The van der Waals surface area contributed by atoms with Crippen LogP contribution in [0.2, 0.25) is 0 Å². The number of nitrogens with zero attached hydrogens (tertiary/aromatic N) is 2. The molecule has 0 saturated heterocycles. The molecular weight excluding hydrogens is 377 g/mol. The van der Waals surface area contributed by atoms with Gasteiger partial charge in [0.15, 0.2) is 5.75 Å². The molecule has 144 valence electrons. The van der Waals surface area contributed by atoms with E-state index in [0.29, 0.717) is 0 Å². The molecule has 0 N–H and O–H groups in total. The van der Waals surface area contributed by atoms with Gasteiger partial charge in [-0.15, -0.1) is 0 Å². The molecule has 1 heterocycles. The fourth-order valence-corrected chi connectivity index (χ4v) is 2.60. The molecule has 0 saturated carbocycles. The van der Waals surface area contributed by atoms with Crippen LogP contribution >= 0.6 is 0 Å². The van der Waals surface area contributed by atoms with Gasteiger partial charge in [0, 0.05) is 24.9 Å². The summed E-state index contributed by atoms with van der Waals surface area (Å²) in [7, 11) is 1.58.